The number of rotatable bonds is 2. The molecule has 0 N–H and O–H groups in total. The summed E-state index contributed by atoms with van der Waals surface area (Å²) in [6.07, 6.45) is 0.762. The van der Waals surface area contributed by atoms with Crippen molar-refractivity contribution < 1.29 is 4.79 Å². The van der Waals surface area contributed by atoms with Gasteiger partial charge in [-0.05, 0) is 16.3 Å². The first-order valence-corrected chi connectivity index (χ1v) is 4.65. The lowest BCUT2D eigenvalue weighted by molar-refractivity contribution is -0.103. The molecule has 2 heteroatoms. The average Bonchev–Trinajstić information content (AvgIpc) is 2.28. The summed E-state index contributed by atoms with van der Waals surface area (Å²) in [6, 6.07) is 11.3. The molecule has 1 nitrogen and oxygen atoms in total. The Hall–Kier alpha value is -1.83. The summed E-state index contributed by atoms with van der Waals surface area (Å²) >= 11 is 0. The second kappa shape index (κ2) is 3.74. The van der Waals surface area contributed by atoms with Crippen LogP contribution in [0.15, 0.2) is 43.0 Å². The van der Waals surface area contributed by atoms with Gasteiger partial charge >= 0.3 is 0 Å². The second-order valence-electron chi connectivity index (χ2n) is 3.39. The minimum atomic E-state index is 0.478. The summed E-state index contributed by atoms with van der Waals surface area (Å²) in [5.74, 6) is 0. The van der Waals surface area contributed by atoms with Gasteiger partial charge in [0, 0.05) is 5.57 Å². The number of carbonyl (C=O) groups is 1. The van der Waals surface area contributed by atoms with E-state index in [4.69, 9.17) is 7.85 Å². The van der Waals surface area contributed by atoms with E-state index in [1.165, 1.54) is 0 Å². The molecule has 15 heavy (non-hydrogen) atoms. The lowest BCUT2D eigenvalue weighted by Crippen LogP contribution is -2.03. The highest BCUT2D eigenvalue weighted by molar-refractivity contribution is 6.39. The van der Waals surface area contributed by atoms with Gasteiger partial charge in [0.15, 0.2) is 0 Å². The van der Waals surface area contributed by atoms with Crippen molar-refractivity contribution >= 4 is 35.9 Å². The number of carbonyl (C=O) groups excluding carboxylic acids is 1. The quantitative estimate of drug-likeness (QED) is 0.403. The summed E-state index contributed by atoms with van der Waals surface area (Å²) in [7, 11) is 5.85. The predicted molar refractivity (Wildman–Crippen MR) is 64.4 cm³/mol. The average molecular weight is 192 g/mol. The van der Waals surface area contributed by atoms with Gasteiger partial charge in [0.1, 0.15) is 14.1 Å². The summed E-state index contributed by atoms with van der Waals surface area (Å²) in [6.45, 7) is 3.71. The zero-order valence-electron chi connectivity index (χ0n) is 8.23. The second-order valence-corrected chi connectivity index (χ2v) is 3.39. The molecule has 2 rings (SSSR count). The third-order valence-corrected chi connectivity index (χ3v) is 2.44. The molecule has 0 spiro atoms. The van der Waals surface area contributed by atoms with Crippen molar-refractivity contribution in [2.45, 2.75) is 0 Å². The highest BCUT2D eigenvalue weighted by Crippen LogP contribution is 2.21. The van der Waals surface area contributed by atoms with Crippen molar-refractivity contribution in [1.29, 1.82) is 0 Å². The Balaban J connectivity index is 2.82. The first kappa shape index (κ1) is 9.72. The maximum Gasteiger partial charge on any atom is 0.150 e. The Bertz CT molecular complexity index is 543. The molecular weight excluding hydrogens is 183 g/mol. The standard InChI is InChI=1S/C13H9BO/c1-9(8-15)10-4-2-6-12-11(10)5-3-7-13(12)14/h2-8H,1H2. The molecule has 0 aliphatic carbocycles. The molecule has 0 fully saturated rings. The molecule has 0 amide bonds. The van der Waals surface area contributed by atoms with Crippen LogP contribution in [0.3, 0.4) is 0 Å². The van der Waals surface area contributed by atoms with Gasteiger partial charge in [0.2, 0.25) is 0 Å². The minimum absolute atomic E-state index is 0.478. The molecule has 0 aliphatic rings. The lowest BCUT2D eigenvalue weighted by atomic mass is 9.88. The number of hydrogen-bond donors (Lipinski definition) is 0. The Morgan fingerprint density at radius 1 is 1.13 bits per heavy atom. The van der Waals surface area contributed by atoms with Crippen molar-refractivity contribution in [2.24, 2.45) is 0 Å². The van der Waals surface area contributed by atoms with E-state index >= 15 is 0 Å². The molecule has 0 unspecified atom stereocenters. The molecule has 2 aromatic carbocycles. The van der Waals surface area contributed by atoms with Gasteiger partial charge in [-0.15, -0.1) is 0 Å². The van der Waals surface area contributed by atoms with E-state index in [9.17, 15) is 4.79 Å². The van der Waals surface area contributed by atoms with Crippen LogP contribution in [-0.2, 0) is 4.79 Å². The first-order chi connectivity index (χ1) is 7.24. The maximum absolute atomic E-state index is 10.7. The van der Waals surface area contributed by atoms with E-state index in [0.29, 0.717) is 11.0 Å². The van der Waals surface area contributed by atoms with Crippen molar-refractivity contribution in [3.63, 3.8) is 0 Å². The Labute approximate surface area is 89.8 Å². The Kier molecular flexibility index (Phi) is 2.42. The summed E-state index contributed by atoms with van der Waals surface area (Å²) in [4.78, 5) is 10.7. The van der Waals surface area contributed by atoms with Gasteiger partial charge < -0.3 is 0 Å². The van der Waals surface area contributed by atoms with E-state index in [1.54, 1.807) is 0 Å². The molecule has 0 heterocycles. The van der Waals surface area contributed by atoms with Crippen LogP contribution in [0.2, 0.25) is 0 Å². The molecule has 0 atom stereocenters. The van der Waals surface area contributed by atoms with Crippen LogP contribution in [0.1, 0.15) is 5.56 Å². The molecule has 0 aromatic heterocycles. The van der Waals surface area contributed by atoms with E-state index in [2.05, 4.69) is 6.58 Å². The first-order valence-electron chi connectivity index (χ1n) is 4.65. The van der Waals surface area contributed by atoms with Crippen molar-refractivity contribution in [1.82, 2.24) is 0 Å². The van der Waals surface area contributed by atoms with E-state index < -0.39 is 0 Å². The summed E-state index contributed by atoms with van der Waals surface area (Å²) in [5.41, 5.74) is 2.04. The van der Waals surface area contributed by atoms with Crippen LogP contribution in [0.25, 0.3) is 16.3 Å². The van der Waals surface area contributed by atoms with Gasteiger partial charge in [-0.2, -0.15) is 0 Å². The van der Waals surface area contributed by atoms with Gasteiger partial charge in [-0.25, -0.2) is 0 Å². The summed E-state index contributed by atoms with van der Waals surface area (Å²) < 4.78 is 0. The lowest BCUT2D eigenvalue weighted by Gasteiger charge is -2.07. The largest absolute Gasteiger partial charge is 0.298 e. The third kappa shape index (κ3) is 1.59. The monoisotopic (exact) mass is 192 g/mol. The van der Waals surface area contributed by atoms with Crippen LogP contribution >= 0.6 is 0 Å². The van der Waals surface area contributed by atoms with Crippen molar-refractivity contribution in [3.05, 3.63) is 48.5 Å². The fourth-order valence-electron chi connectivity index (χ4n) is 1.68. The van der Waals surface area contributed by atoms with Gasteiger partial charge in [0.05, 0.1) is 0 Å². The van der Waals surface area contributed by atoms with Crippen LogP contribution < -0.4 is 5.46 Å². The number of benzene rings is 2. The number of hydrogen-bond acceptors (Lipinski definition) is 1. The molecule has 2 aromatic rings. The zero-order valence-corrected chi connectivity index (χ0v) is 8.23. The Morgan fingerprint density at radius 2 is 1.80 bits per heavy atom. The molecule has 0 aliphatic heterocycles. The fraction of sp³-hybridized carbons (Fsp3) is 0. The molecule has 0 saturated carbocycles. The predicted octanol–water partition coefficient (Wildman–Crippen LogP) is 1.85. The van der Waals surface area contributed by atoms with E-state index in [1.807, 2.05) is 36.4 Å². The SMILES string of the molecule is [B]c1cccc2c(C(=C)C=O)cccc12. The normalized spacial score (nSPS) is 10.1. The molecule has 0 saturated heterocycles. The van der Waals surface area contributed by atoms with Crippen LogP contribution in [-0.4, -0.2) is 14.1 Å². The van der Waals surface area contributed by atoms with Crippen molar-refractivity contribution in [2.75, 3.05) is 0 Å². The summed E-state index contributed by atoms with van der Waals surface area (Å²) in [5, 5.41) is 1.92. The number of fused-ring (bicyclic) bond motifs is 1. The smallest absolute Gasteiger partial charge is 0.150 e. The van der Waals surface area contributed by atoms with Gasteiger partial charge in [0.25, 0.3) is 0 Å². The van der Waals surface area contributed by atoms with Gasteiger partial charge in [-0.3, -0.25) is 4.79 Å². The third-order valence-electron chi connectivity index (χ3n) is 2.44. The van der Waals surface area contributed by atoms with Crippen molar-refractivity contribution in [3.8, 4) is 0 Å². The van der Waals surface area contributed by atoms with Gasteiger partial charge in [-0.1, -0.05) is 48.4 Å². The molecule has 2 radical (unpaired) electrons. The van der Waals surface area contributed by atoms with Crippen LogP contribution in [0, 0.1) is 0 Å². The van der Waals surface area contributed by atoms with Crippen LogP contribution in [0.4, 0.5) is 0 Å². The Morgan fingerprint density at radius 3 is 2.53 bits per heavy atom. The number of aldehydes is 1. The number of allylic oxidation sites excluding steroid dienone is 1. The highest BCUT2D eigenvalue weighted by atomic mass is 16.1. The van der Waals surface area contributed by atoms with Crippen LogP contribution in [0.5, 0.6) is 0 Å². The maximum atomic E-state index is 10.7. The molecular formula is C13H9BO. The molecule has 70 valence electrons. The fourth-order valence-corrected chi connectivity index (χ4v) is 1.68. The van der Waals surface area contributed by atoms with E-state index in [-0.39, 0.29) is 0 Å². The minimum Gasteiger partial charge on any atom is -0.298 e. The molecule has 0 bridgehead atoms. The zero-order chi connectivity index (χ0) is 10.8. The highest BCUT2D eigenvalue weighted by Gasteiger charge is 2.04. The van der Waals surface area contributed by atoms with E-state index in [0.717, 1.165) is 22.6 Å². The topological polar surface area (TPSA) is 17.1 Å².